The topological polar surface area (TPSA) is 33.4 Å². The number of thiol groups is 1. The largest absolute Gasteiger partial charge is 0.343 e. The van der Waals surface area contributed by atoms with Gasteiger partial charge in [-0.25, -0.2) is 4.98 Å². The molecule has 4 nitrogen and oxygen atoms in total. The van der Waals surface area contributed by atoms with Crippen molar-refractivity contribution in [2.45, 2.75) is 70.5 Å². The lowest BCUT2D eigenvalue weighted by molar-refractivity contribution is 0.228. The highest BCUT2D eigenvalue weighted by Crippen LogP contribution is 2.48. The first-order valence-electron chi connectivity index (χ1n) is 16.9. The molecule has 5 heteroatoms. The monoisotopic (exact) mass is 646 g/mol. The Morgan fingerprint density at radius 1 is 0.708 bits per heavy atom. The fraction of sp³-hybridized carbons (Fsp3) is 0.256. The van der Waals surface area contributed by atoms with E-state index in [9.17, 15) is 0 Å². The van der Waals surface area contributed by atoms with Crippen molar-refractivity contribution in [1.82, 2.24) is 14.5 Å². The van der Waals surface area contributed by atoms with Crippen LogP contribution in [0.2, 0.25) is 0 Å². The summed E-state index contributed by atoms with van der Waals surface area (Å²) in [5, 5.41) is 0. The van der Waals surface area contributed by atoms with Gasteiger partial charge in [-0.3, -0.25) is 9.56 Å². The molecule has 8 rings (SSSR count). The van der Waals surface area contributed by atoms with Crippen LogP contribution in [0.25, 0.3) is 39.2 Å². The number of hydrogen-bond acceptors (Lipinski definition) is 4. The van der Waals surface area contributed by atoms with Crippen molar-refractivity contribution >= 4 is 29.5 Å². The predicted octanol–water partition coefficient (Wildman–Crippen LogP) is 10.7. The van der Waals surface area contributed by atoms with Crippen LogP contribution in [0.3, 0.4) is 0 Å². The molecule has 5 aromatic carbocycles. The molecular formula is C43H42N4S. The highest BCUT2D eigenvalue weighted by atomic mass is 32.1. The molecule has 0 fully saturated rings. The highest BCUT2D eigenvalue weighted by Gasteiger charge is 2.47. The lowest BCUT2D eigenvalue weighted by Gasteiger charge is -2.31. The Balaban J connectivity index is 1.27. The van der Waals surface area contributed by atoms with E-state index < -0.39 is 0 Å². The van der Waals surface area contributed by atoms with Crippen LogP contribution in [0.15, 0.2) is 125 Å². The van der Waals surface area contributed by atoms with Crippen LogP contribution in [-0.4, -0.2) is 26.3 Å². The van der Waals surface area contributed by atoms with Crippen molar-refractivity contribution in [1.29, 1.82) is 0 Å². The van der Waals surface area contributed by atoms with Gasteiger partial charge >= 0.3 is 0 Å². The molecule has 2 aliphatic rings. The number of imidazole rings is 1. The molecule has 3 heterocycles. The first-order valence-corrected chi connectivity index (χ1v) is 17.4. The quantitative estimate of drug-likeness (QED) is 0.193. The molecule has 1 unspecified atom stereocenters. The zero-order chi connectivity index (χ0) is 33.4. The number of amidine groups is 1. The Morgan fingerprint density at radius 2 is 1.40 bits per heavy atom. The summed E-state index contributed by atoms with van der Waals surface area (Å²) in [7, 11) is 0. The summed E-state index contributed by atoms with van der Waals surface area (Å²) >= 11 is 4.87. The Bertz CT molecular complexity index is 2210. The zero-order valence-electron chi connectivity index (χ0n) is 28.6. The molecule has 2 aliphatic heterocycles. The average Bonchev–Trinajstić information content (AvgIpc) is 3.75. The molecule has 0 aliphatic carbocycles. The molecule has 0 saturated heterocycles. The van der Waals surface area contributed by atoms with Gasteiger partial charge in [0.1, 0.15) is 11.7 Å². The fourth-order valence-electron chi connectivity index (χ4n) is 7.52. The zero-order valence-corrected chi connectivity index (χ0v) is 29.5. The fourth-order valence-corrected chi connectivity index (χ4v) is 7.78. The molecular weight excluding hydrogens is 605 g/mol. The first-order chi connectivity index (χ1) is 23.0. The summed E-state index contributed by atoms with van der Waals surface area (Å²) < 4.78 is 2.28. The Morgan fingerprint density at radius 3 is 2.15 bits per heavy atom. The third-order valence-corrected chi connectivity index (χ3v) is 10.4. The number of aliphatic imine (C=N–C) groups is 1. The molecule has 240 valence electrons. The van der Waals surface area contributed by atoms with E-state index in [0.29, 0.717) is 0 Å². The van der Waals surface area contributed by atoms with Crippen LogP contribution < -0.4 is 0 Å². The molecule has 0 saturated carbocycles. The van der Waals surface area contributed by atoms with E-state index >= 15 is 0 Å². The van der Waals surface area contributed by atoms with Crippen molar-refractivity contribution < 1.29 is 0 Å². The summed E-state index contributed by atoms with van der Waals surface area (Å²) in [6, 6.07) is 41.9. The molecule has 48 heavy (non-hydrogen) atoms. The number of nitrogens with zero attached hydrogens (tertiary/aromatic N) is 4. The minimum atomic E-state index is 0.0307. The van der Waals surface area contributed by atoms with E-state index in [1.807, 2.05) is 12.1 Å². The van der Waals surface area contributed by atoms with Gasteiger partial charge in [-0.1, -0.05) is 126 Å². The van der Waals surface area contributed by atoms with Gasteiger partial charge in [-0.15, -0.1) is 12.6 Å². The third kappa shape index (κ3) is 5.07. The second kappa shape index (κ2) is 11.2. The lowest BCUT2D eigenvalue weighted by Crippen LogP contribution is -2.33. The Labute approximate surface area is 289 Å². The van der Waals surface area contributed by atoms with Crippen molar-refractivity contribution in [3.8, 4) is 28.2 Å². The maximum absolute atomic E-state index is 5.46. The van der Waals surface area contributed by atoms with Gasteiger partial charge in [0, 0.05) is 33.8 Å². The van der Waals surface area contributed by atoms with Crippen LogP contribution in [0.4, 0.5) is 0 Å². The van der Waals surface area contributed by atoms with E-state index in [-0.39, 0.29) is 22.9 Å². The Kier molecular flexibility index (Phi) is 7.19. The van der Waals surface area contributed by atoms with Crippen LogP contribution in [0.1, 0.15) is 69.8 Å². The van der Waals surface area contributed by atoms with Gasteiger partial charge in [0.05, 0.1) is 23.1 Å². The van der Waals surface area contributed by atoms with Gasteiger partial charge < -0.3 is 4.90 Å². The van der Waals surface area contributed by atoms with Crippen LogP contribution in [0.5, 0.6) is 0 Å². The van der Waals surface area contributed by atoms with E-state index in [0.717, 1.165) is 62.1 Å². The average molecular weight is 647 g/mol. The van der Waals surface area contributed by atoms with Gasteiger partial charge in [0.15, 0.2) is 0 Å². The number of para-hydroxylation sites is 1. The highest BCUT2D eigenvalue weighted by molar-refractivity contribution is 7.80. The van der Waals surface area contributed by atoms with Crippen LogP contribution in [-0.2, 0) is 12.0 Å². The Hall–Kier alpha value is -4.61. The second-order valence-electron chi connectivity index (χ2n) is 15.4. The number of hydrogen-bond donors (Lipinski definition) is 1. The summed E-state index contributed by atoms with van der Waals surface area (Å²) in [6.07, 6.45) is 0. The van der Waals surface area contributed by atoms with Crippen LogP contribution >= 0.6 is 12.6 Å². The number of rotatable bonds is 4. The van der Waals surface area contributed by atoms with E-state index in [4.69, 9.17) is 22.6 Å². The van der Waals surface area contributed by atoms with Gasteiger partial charge in [-0.05, 0) is 63.4 Å². The minimum Gasteiger partial charge on any atom is -0.343 e. The SMILES string of the molecule is CC(C)(C)c1ccc(-n2c(-c3ccccc3S)nc3c(-c4cccc(C5=N[C@@H](C(C)(C)C)C6c7ccccc7CN56)c4)cccc32)cc1. The van der Waals surface area contributed by atoms with Crippen molar-refractivity contribution in [2.75, 3.05) is 0 Å². The van der Waals surface area contributed by atoms with Crippen molar-refractivity contribution in [2.24, 2.45) is 10.4 Å². The maximum Gasteiger partial charge on any atom is 0.146 e. The first kappa shape index (κ1) is 30.7. The summed E-state index contributed by atoms with van der Waals surface area (Å²) in [5.74, 6) is 1.97. The number of benzene rings is 5. The molecule has 0 radical (unpaired) electrons. The third-order valence-electron chi connectivity index (χ3n) is 10.0. The van der Waals surface area contributed by atoms with Gasteiger partial charge in [0.25, 0.3) is 0 Å². The van der Waals surface area contributed by atoms with Gasteiger partial charge in [-0.2, -0.15) is 0 Å². The molecule has 0 N–H and O–H groups in total. The van der Waals surface area contributed by atoms with E-state index in [1.54, 1.807) is 0 Å². The summed E-state index contributed by atoms with van der Waals surface area (Å²) in [6.45, 7) is 14.6. The molecule has 1 aromatic heterocycles. The van der Waals surface area contributed by atoms with Crippen molar-refractivity contribution in [3.63, 3.8) is 0 Å². The van der Waals surface area contributed by atoms with E-state index in [1.165, 1.54) is 16.7 Å². The second-order valence-corrected chi connectivity index (χ2v) is 15.9. The molecule has 0 spiro atoms. The standard InChI is InChI=1S/C43H42N4S/c1-42(2,3)30-21-23-31(24-22-30)47-35-19-12-18-32(37(35)44-41(47)34-17-9-10-20-36(34)48)27-14-11-15-28(25-27)40-45-39(43(4,5)6)38-33-16-8-7-13-29(33)26-46(38)40/h7-25,38-39,48H,26H2,1-6H3/t38?,39-/m1/s1. The smallest absolute Gasteiger partial charge is 0.146 e. The minimum absolute atomic E-state index is 0.0307. The molecule has 0 bridgehead atoms. The summed E-state index contributed by atoms with van der Waals surface area (Å²) in [5.41, 5.74) is 11.7. The summed E-state index contributed by atoms with van der Waals surface area (Å²) in [4.78, 5) is 14.3. The van der Waals surface area contributed by atoms with Crippen LogP contribution in [0, 0.1) is 5.41 Å². The number of fused-ring (bicyclic) bond motifs is 4. The molecule has 2 atom stereocenters. The molecule has 0 amide bonds. The van der Waals surface area contributed by atoms with E-state index in [2.05, 4.69) is 154 Å². The molecule has 6 aromatic rings. The van der Waals surface area contributed by atoms with Gasteiger partial charge in [0.2, 0.25) is 0 Å². The maximum atomic E-state index is 5.46. The van der Waals surface area contributed by atoms with Crippen molar-refractivity contribution in [3.05, 3.63) is 138 Å². The normalized spacial score (nSPS) is 17.5. The predicted molar refractivity (Wildman–Crippen MR) is 202 cm³/mol. The number of aromatic nitrogens is 2. The lowest BCUT2D eigenvalue weighted by atomic mass is 9.81.